The van der Waals surface area contributed by atoms with Crippen LogP contribution in [0.1, 0.15) is 39.5 Å². The molecule has 2 fully saturated rings. The molecule has 1 aliphatic heterocycles. The fraction of sp³-hybridized carbons (Fsp3) is 0.909. The molecule has 1 aliphatic carbocycles. The van der Waals surface area contributed by atoms with E-state index in [1.165, 1.54) is 19.3 Å². The first-order chi connectivity index (χ1) is 6.62. The zero-order valence-electron chi connectivity index (χ0n) is 9.18. The van der Waals surface area contributed by atoms with Crippen LogP contribution in [0.15, 0.2) is 0 Å². The molecule has 2 rings (SSSR count). The number of rotatable bonds is 2. The van der Waals surface area contributed by atoms with Gasteiger partial charge in [0.25, 0.3) is 0 Å². The molecular weight excluding hydrogens is 176 g/mol. The Balaban J connectivity index is 2.06. The van der Waals surface area contributed by atoms with E-state index in [9.17, 15) is 4.79 Å². The van der Waals surface area contributed by atoms with Crippen molar-refractivity contribution in [3.05, 3.63) is 0 Å². The summed E-state index contributed by atoms with van der Waals surface area (Å²) in [5.74, 6) is 0.714. The number of urea groups is 1. The van der Waals surface area contributed by atoms with Gasteiger partial charge in [-0.3, -0.25) is 0 Å². The van der Waals surface area contributed by atoms with Gasteiger partial charge in [0.05, 0.1) is 0 Å². The fourth-order valence-corrected chi connectivity index (χ4v) is 2.51. The molecule has 0 aromatic heterocycles. The highest BCUT2D eigenvalue weighted by atomic mass is 16.2. The van der Waals surface area contributed by atoms with Crippen LogP contribution >= 0.6 is 0 Å². The van der Waals surface area contributed by atoms with Crippen LogP contribution in [0.5, 0.6) is 0 Å². The van der Waals surface area contributed by atoms with E-state index in [1.807, 2.05) is 4.90 Å². The Morgan fingerprint density at radius 3 is 2.57 bits per heavy atom. The molecule has 0 aromatic rings. The van der Waals surface area contributed by atoms with E-state index < -0.39 is 0 Å². The number of hydrogen-bond donors (Lipinski definition) is 1. The minimum absolute atomic E-state index is 0.0583. The molecule has 0 radical (unpaired) electrons. The molecule has 1 N–H and O–H groups in total. The summed E-state index contributed by atoms with van der Waals surface area (Å²) in [6, 6.07) is 0.133. The maximum Gasteiger partial charge on any atom is 0.317 e. The van der Waals surface area contributed by atoms with Crippen molar-refractivity contribution in [2.24, 2.45) is 5.92 Å². The average molecular weight is 196 g/mol. The summed E-state index contributed by atoms with van der Waals surface area (Å²) in [6.45, 7) is 6.19. The van der Waals surface area contributed by atoms with Crippen molar-refractivity contribution in [1.82, 2.24) is 10.2 Å². The van der Waals surface area contributed by atoms with Gasteiger partial charge in [-0.15, -0.1) is 0 Å². The molecule has 0 spiro atoms. The number of nitrogens with zero attached hydrogens (tertiary/aromatic N) is 1. The number of hydrogen-bond acceptors (Lipinski definition) is 1. The predicted molar refractivity (Wildman–Crippen MR) is 56.1 cm³/mol. The summed E-state index contributed by atoms with van der Waals surface area (Å²) in [6.07, 6.45) is 5.00. The molecule has 0 unspecified atom stereocenters. The van der Waals surface area contributed by atoms with Crippen LogP contribution in [-0.4, -0.2) is 29.6 Å². The van der Waals surface area contributed by atoms with Crippen LogP contribution in [0, 0.1) is 5.92 Å². The second-order valence-electron chi connectivity index (χ2n) is 5.02. The third-order valence-corrected chi connectivity index (χ3v) is 3.88. The minimum Gasteiger partial charge on any atom is -0.338 e. The van der Waals surface area contributed by atoms with Crippen molar-refractivity contribution >= 4 is 6.03 Å². The summed E-state index contributed by atoms with van der Waals surface area (Å²) in [4.78, 5) is 13.7. The van der Waals surface area contributed by atoms with Crippen molar-refractivity contribution in [3.63, 3.8) is 0 Å². The van der Waals surface area contributed by atoms with Gasteiger partial charge in [-0.25, -0.2) is 4.79 Å². The number of amides is 2. The molecule has 3 heteroatoms. The lowest BCUT2D eigenvalue weighted by atomic mass is 9.71. The van der Waals surface area contributed by atoms with Crippen LogP contribution in [0.2, 0.25) is 0 Å². The molecule has 2 aliphatic rings. The summed E-state index contributed by atoms with van der Waals surface area (Å²) < 4.78 is 0. The smallest absolute Gasteiger partial charge is 0.317 e. The van der Waals surface area contributed by atoms with E-state index >= 15 is 0 Å². The molecule has 1 heterocycles. The fourth-order valence-electron chi connectivity index (χ4n) is 2.51. The van der Waals surface area contributed by atoms with Gasteiger partial charge >= 0.3 is 6.03 Å². The highest BCUT2D eigenvalue weighted by molar-refractivity contribution is 5.75. The first-order valence-corrected chi connectivity index (χ1v) is 5.68. The lowest BCUT2D eigenvalue weighted by Crippen LogP contribution is -2.59. The average Bonchev–Trinajstić information content (AvgIpc) is 2.00. The molecule has 0 aromatic carbocycles. The van der Waals surface area contributed by atoms with E-state index in [-0.39, 0.29) is 11.6 Å². The van der Waals surface area contributed by atoms with E-state index in [0.29, 0.717) is 5.92 Å². The third kappa shape index (κ3) is 1.49. The molecule has 80 valence electrons. The Morgan fingerprint density at radius 1 is 1.36 bits per heavy atom. The van der Waals surface area contributed by atoms with Crippen LogP contribution in [-0.2, 0) is 0 Å². The first-order valence-electron chi connectivity index (χ1n) is 5.68. The van der Waals surface area contributed by atoms with Crippen molar-refractivity contribution in [1.29, 1.82) is 0 Å². The van der Waals surface area contributed by atoms with Crippen molar-refractivity contribution in [2.75, 3.05) is 13.1 Å². The largest absolute Gasteiger partial charge is 0.338 e. The van der Waals surface area contributed by atoms with E-state index in [1.54, 1.807) is 0 Å². The molecule has 0 bridgehead atoms. The molecule has 3 nitrogen and oxygen atoms in total. The van der Waals surface area contributed by atoms with Crippen molar-refractivity contribution in [2.45, 2.75) is 45.1 Å². The van der Waals surface area contributed by atoms with Gasteiger partial charge in [-0.05, 0) is 39.0 Å². The van der Waals surface area contributed by atoms with Crippen LogP contribution < -0.4 is 5.32 Å². The Bertz CT molecular complexity index is 233. The van der Waals surface area contributed by atoms with Crippen LogP contribution in [0.3, 0.4) is 0 Å². The lowest BCUT2D eigenvalue weighted by molar-refractivity contribution is 0.0431. The summed E-state index contributed by atoms with van der Waals surface area (Å²) in [5.41, 5.74) is 0.0583. The molecular formula is C11H20N2O. The van der Waals surface area contributed by atoms with Gasteiger partial charge in [-0.2, -0.15) is 0 Å². The third-order valence-electron chi connectivity index (χ3n) is 3.88. The number of carbonyl (C=O) groups excluding carboxylic acids is 1. The maximum absolute atomic E-state index is 11.7. The second-order valence-corrected chi connectivity index (χ2v) is 5.02. The van der Waals surface area contributed by atoms with Gasteiger partial charge in [0.2, 0.25) is 0 Å². The lowest BCUT2D eigenvalue weighted by Gasteiger charge is -2.49. The number of carbonyl (C=O) groups is 1. The highest BCUT2D eigenvalue weighted by Gasteiger charge is 2.41. The molecule has 0 atom stereocenters. The van der Waals surface area contributed by atoms with Gasteiger partial charge in [0, 0.05) is 18.6 Å². The molecule has 2 amide bonds. The van der Waals surface area contributed by atoms with Crippen molar-refractivity contribution < 1.29 is 4.79 Å². The zero-order chi connectivity index (χ0) is 10.2. The van der Waals surface area contributed by atoms with Crippen LogP contribution in [0.25, 0.3) is 0 Å². The van der Waals surface area contributed by atoms with Crippen LogP contribution in [0.4, 0.5) is 4.79 Å². The Morgan fingerprint density at radius 2 is 2.07 bits per heavy atom. The monoisotopic (exact) mass is 196 g/mol. The molecule has 1 saturated carbocycles. The highest BCUT2D eigenvalue weighted by Crippen LogP contribution is 2.39. The molecule has 14 heavy (non-hydrogen) atoms. The van der Waals surface area contributed by atoms with Crippen molar-refractivity contribution in [3.8, 4) is 0 Å². The maximum atomic E-state index is 11.7. The predicted octanol–water partition coefficient (Wildman–Crippen LogP) is 1.98. The normalized spacial score (nSPS) is 24.4. The standard InChI is InChI=1S/C11H20N2O/c1-11(2,9-5-3-6-9)13-8-4-7-12-10(13)14/h9H,3-8H2,1-2H3,(H,12,14). The second kappa shape index (κ2) is 3.44. The van der Waals surface area contributed by atoms with E-state index in [0.717, 1.165) is 19.5 Å². The van der Waals surface area contributed by atoms with E-state index in [2.05, 4.69) is 19.2 Å². The summed E-state index contributed by atoms with van der Waals surface area (Å²) >= 11 is 0. The molecule has 1 saturated heterocycles. The number of nitrogens with one attached hydrogen (secondary N) is 1. The van der Waals surface area contributed by atoms with Gasteiger partial charge in [0.15, 0.2) is 0 Å². The SMILES string of the molecule is CC(C)(C1CCC1)N1CCCNC1=O. The minimum atomic E-state index is 0.0583. The Labute approximate surface area is 85.8 Å². The van der Waals surface area contributed by atoms with Gasteiger partial charge in [-0.1, -0.05) is 6.42 Å². The quantitative estimate of drug-likeness (QED) is 0.719. The van der Waals surface area contributed by atoms with Gasteiger partial charge in [0.1, 0.15) is 0 Å². The summed E-state index contributed by atoms with van der Waals surface area (Å²) in [7, 11) is 0. The summed E-state index contributed by atoms with van der Waals surface area (Å²) in [5, 5.41) is 2.93. The topological polar surface area (TPSA) is 32.3 Å². The Hall–Kier alpha value is -0.730. The van der Waals surface area contributed by atoms with E-state index in [4.69, 9.17) is 0 Å². The van der Waals surface area contributed by atoms with Gasteiger partial charge < -0.3 is 10.2 Å². The zero-order valence-corrected chi connectivity index (χ0v) is 9.18. The first kappa shape index (κ1) is 9.81. The Kier molecular flexibility index (Phi) is 2.41.